The van der Waals surface area contributed by atoms with E-state index in [9.17, 15) is 4.79 Å². The van der Waals surface area contributed by atoms with Crippen LogP contribution in [0, 0.1) is 0 Å². The van der Waals surface area contributed by atoms with Crippen LogP contribution >= 0.6 is 0 Å². The number of benzene rings is 2. The largest absolute Gasteiger partial charge is 0.338 e. The van der Waals surface area contributed by atoms with E-state index in [4.69, 9.17) is 0 Å². The summed E-state index contributed by atoms with van der Waals surface area (Å²) in [7, 11) is 0. The number of amides is 1. The van der Waals surface area contributed by atoms with Gasteiger partial charge in [0.05, 0.1) is 6.42 Å². The van der Waals surface area contributed by atoms with E-state index in [-0.39, 0.29) is 5.91 Å². The molecule has 0 unspecified atom stereocenters. The Morgan fingerprint density at radius 1 is 0.905 bits per heavy atom. The molecule has 0 saturated heterocycles. The van der Waals surface area contributed by atoms with Crippen LogP contribution in [0.1, 0.15) is 30.9 Å². The first-order chi connectivity index (χ1) is 10.3. The zero-order valence-electron chi connectivity index (χ0n) is 12.7. The maximum absolute atomic E-state index is 12.5. The molecule has 0 spiro atoms. The Bertz CT molecular complexity index is 536. The Balaban J connectivity index is 2.02. The monoisotopic (exact) mass is 281 g/mol. The fraction of sp³-hybridized carbons (Fsp3) is 0.316. The number of hydrogen-bond acceptors (Lipinski definition) is 1. The van der Waals surface area contributed by atoms with Gasteiger partial charge in [0.2, 0.25) is 5.91 Å². The van der Waals surface area contributed by atoms with Crippen LogP contribution in [0.4, 0.5) is 0 Å². The van der Waals surface area contributed by atoms with Gasteiger partial charge in [-0.05, 0) is 17.5 Å². The smallest absolute Gasteiger partial charge is 0.227 e. The highest BCUT2D eigenvalue weighted by molar-refractivity contribution is 5.78. The summed E-state index contributed by atoms with van der Waals surface area (Å²) < 4.78 is 0. The third-order valence-corrected chi connectivity index (χ3v) is 3.55. The molecule has 0 fully saturated rings. The van der Waals surface area contributed by atoms with Crippen molar-refractivity contribution in [1.82, 2.24) is 4.90 Å². The first-order valence-electron chi connectivity index (χ1n) is 7.65. The van der Waals surface area contributed by atoms with Gasteiger partial charge in [-0.1, -0.05) is 74.0 Å². The van der Waals surface area contributed by atoms with E-state index in [0.29, 0.717) is 13.0 Å². The lowest BCUT2D eigenvalue weighted by atomic mass is 10.1. The summed E-state index contributed by atoms with van der Waals surface area (Å²) >= 11 is 0. The quantitative estimate of drug-likeness (QED) is 0.749. The first kappa shape index (κ1) is 15.3. The van der Waals surface area contributed by atoms with E-state index in [1.807, 2.05) is 53.4 Å². The van der Waals surface area contributed by atoms with Gasteiger partial charge in [0, 0.05) is 13.1 Å². The molecule has 0 atom stereocenters. The normalized spacial score (nSPS) is 10.3. The molecule has 0 N–H and O–H groups in total. The molecule has 110 valence electrons. The molecule has 0 radical (unpaired) electrons. The second-order valence-corrected chi connectivity index (χ2v) is 5.32. The minimum Gasteiger partial charge on any atom is -0.338 e. The van der Waals surface area contributed by atoms with E-state index in [2.05, 4.69) is 19.1 Å². The SMILES string of the molecule is CCCCN(Cc1ccccc1)C(=O)Cc1ccccc1. The fourth-order valence-electron chi connectivity index (χ4n) is 2.33. The topological polar surface area (TPSA) is 20.3 Å². The van der Waals surface area contributed by atoms with Gasteiger partial charge in [-0.2, -0.15) is 0 Å². The van der Waals surface area contributed by atoms with Crippen molar-refractivity contribution in [3.8, 4) is 0 Å². The minimum absolute atomic E-state index is 0.207. The van der Waals surface area contributed by atoms with Crippen molar-refractivity contribution in [3.05, 3.63) is 71.8 Å². The van der Waals surface area contributed by atoms with Crippen molar-refractivity contribution in [1.29, 1.82) is 0 Å². The van der Waals surface area contributed by atoms with Gasteiger partial charge in [-0.15, -0.1) is 0 Å². The second kappa shape index (κ2) is 8.25. The third kappa shape index (κ3) is 5.07. The van der Waals surface area contributed by atoms with Gasteiger partial charge in [0.15, 0.2) is 0 Å². The van der Waals surface area contributed by atoms with E-state index in [0.717, 1.165) is 24.9 Å². The number of rotatable bonds is 7. The average molecular weight is 281 g/mol. The molecule has 2 aromatic rings. The lowest BCUT2D eigenvalue weighted by Gasteiger charge is -2.23. The molecule has 2 aromatic carbocycles. The molecule has 0 heterocycles. The molecule has 0 aromatic heterocycles. The molecule has 0 aliphatic rings. The van der Waals surface area contributed by atoms with E-state index < -0.39 is 0 Å². The van der Waals surface area contributed by atoms with Crippen LogP contribution in [0.25, 0.3) is 0 Å². The van der Waals surface area contributed by atoms with E-state index >= 15 is 0 Å². The van der Waals surface area contributed by atoms with Gasteiger partial charge in [-0.3, -0.25) is 4.79 Å². The van der Waals surface area contributed by atoms with Gasteiger partial charge < -0.3 is 4.90 Å². The zero-order valence-corrected chi connectivity index (χ0v) is 12.7. The minimum atomic E-state index is 0.207. The Kier molecular flexibility index (Phi) is 6.01. The number of unbranched alkanes of at least 4 members (excludes halogenated alkanes) is 1. The Labute approximate surface area is 127 Å². The Hall–Kier alpha value is -2.09. The Morgan fingerprint density at radius 2 is 1.48 bits per heavy atom. The lowest BCUT2D eigenvalue weighted by Crippen LogP contribution is -2.32. The molecule has 1 amide bonds. The van der Waals surface area contributed by atoms with Crippen LogP contribution in [0.2, 0.25) is 0 Å². The van der Waals surface area contributed by atoms with Gasteiger partial charge >= 0.3 is 0 Å². The molecule has 0 aliphatic heterocycles. The number of carbonyl (C=O) groups excluding carboxylic acids is 1. The van der Waals surface area contributed by atoms with Crippen LogP contribution in [0.3, 0.4) is 0 Å². The van der Waals surface area contributed by atoms with Crippen molar-refractivity contribution < 1.29 is 4.79 Å². The van der Waals surface area contributed by atoms with Crippen molar-refractivity contribution in [2.45, 2.75) is 32.7 Å². The van der Waals surface area contributed by atoms with Crippen molar-refractivity contribution >= 4 is 5.91 Å². The number of nitrogens with zero attached hydrogens (tertiary/aromatic N) is 1. The van der Waals surface area contributed by atoms with E-state index in [1.165, 1.54) is 5.56 Å². The maximum Gasteiger partial charge on any atom is 0.227 e. The highest BCUT2D eigenvalue weighted by Crippen LogP contribution is 2.09. The molecule has 0 bridgehead atoms. The summed E-state index contributed by atoms with van der Waals surface area (Å²) in [5.74, 6) is 0.207. The average Bonchev–Trinajstić information content (AvgIpc) is 2.53. The molecule has 21 heavy (non-hydrogen) atoms. The van der Waals surface area contributed by atoms with Crippen molar-refractivity contribution in [3.63, 3.8) is 0 Å². The first-order valence-corrected chi connectivity index (χ1v) is 7.65. The predicted octanol–water partition coefficient (Wildman–Crippen LogP) is 4.06. The van der Waals surface area contributed by atoms with E-state index in [1.54, 1.807) is 0 Å². The van der Waals surface area contributed by atoms with Crippen LogP contribution in [-0.4, -0.2) is 17.4 Å². The van der Waals surface area contributed by atoms with Crippen LogP contribution in [-0.2, 0) is 17.8 Å². The highest BCUT2D eigenvalue weighted by Gasteiger charge is 2.13. The van der Waals surface area contributed by atoms with Crippen molar-refractivity contribution in [2.75, 3.05) is 6.54 Å². The number of carbonyl (C=O) groups is 1. The maximum atomic E-state index is 12.5. The van der Waals surface area contributed by atoms with Gasteiger partial charge in [0.25, 0.3) is 0 Å². The van der Waals surface area contributed by atoms with Gasteiger partial charge in [-0.25, -0.2) is 0 Å². The summed E-state index contributed by atoms with van der Waals surface area (Å²) in [5.41, 5.74) is 2.27. The lowest BCUT2D eigenvalue weighted by molar-refractivity contribution is -0.131. The second-order valence-electron chi connectivity index (χ2n) is 5.32. The van der Waals surface area contributed by atoms with Crippen molar-refractivity contribution in [2.24, 2.45) is 0 Å². The van der Waals surface area contributed by atoms with Gasteiger partial charge in [0.1, 0.15) is 0 Å². The summed E-state index contributed by atoms with van der Waals surface area (Å²) in [6.07, 6.45) is 2.63. The molecular weight excluding hydrogens is 258 g/mol. The number of hydrogen-bond donors (Lipinski definition) is 0. The summed E-state index contributed by atoms with van der Waals surface area (Å²) in [6, 6.07) is 20.2. The summed E-state index contributed by atoms with van der Waals surface area (Å²) in [4.78, 5) is 14.5. The molecular formula is C19H23NO. The van der Waals surface area contributed by atoms with Crippen LogP contribution in [0.5, 0.6) is 0 Å². The molecule has 2 nitrogen and oxygen atoms in total. The van der Waals surface area contributed by atoms with Crippen LogP contribution in [0.15, 0.2) is 60.7 Å². The highest BCUT2D eigenvalue weighted by atomic mass is 16.2. The fourth-order valence-corrected chi connectivity index (χ4v) is 2.33. The molecule has 0 saturated carbocycles. The predicted molar refractivity (Wildman–Crippen MR) is 86.9 cm³/mol. The molecule has 2 heteroatoms. The van der Waals surface area contributed by atoms with Crippen LogP contribution < -0.4 is 0 Å². The zero-order chi connectivity index (χ0) is 14.9. The molecule has 0 aliphatic carbocycles. The Morgan fingerprint density at radius 3 is 2.05 bits per heavy atom. The third-order valence-electron chi connectivity index (χ3n) is 3.55. The summed E-state index contributed by atoms with van der Waals surface area (Å²) in [5, 5.41) is 0. The standard InChI is InChI=1S/C19H23NO/c1-2-3-14-20(16-18-12-8-5-9-13-18)19(21)15-17-10-6-4-7-11-17/h4-13H,2-3,14-16H2,1H3. The molecule has 2 rings (SSSR count). The summed E-state index contributed by atoms with van der Waals surface area (Å²) in [6.45, 7) is 3.69.